The molecule has 3 aromatic rings. The minimum atomic E-state index is -2.01. The Balaban J connectivity index is 2.16. The number of para-hydroxylation sites is 1. The molecule has 1 aliphatic rings. The van der Waals surface area contributed by atoms with Gasteiger partial charge in [0.25, 0.3) is 5.41 Å². The molecule has 0 saturated carbocycles. The number of hydrogen-bond donors (Lipinski definition) is 0. The fourth-order valence-electron chi connectivity index (χ4n) is 3.91. The van der Waals surface area contributed by atoms with Crippen LogP contribution in [0.2, 0.25) is 0 Å². The predicted molar refractivity (Wildman–Crippen MR) is 103 cm³/mol. The Hall–Kier alpha value is -3.67. The highest BCUT2D eigenvalue weighted by Gasteiger charge is 2.65. The lowest BCUT2D eigenvalue weighted by atomic mass is 9.74. The van der Waals surface area contributed by atoms with Gasteiger partial charge in [-0.1, -0.05) is 48.5 Å². The molecule has 6 nitrogen and oxygen atoms in total. The molecule has 3 aromatic carbocycles. The first-order valence-corrected chi connectivity index (χ1v) is 8.66. The summed E-state index contributed by atoms with van der Waals surface area (Å²) in [7, 11) is 2.37. The minimum absolute atomic E-state index is 0.0239. The predicted octanol–water partition coefficient (Wildman–Crippen LogP) is 3.07. The Morgan fingerprint density at radius 1 is 0.857 bits per heavy atom. The molecule has 1 heterocycles. The van der Waals surface area contributed by atoms with Gasteiger partial charge in [0.05, 0.1) is 25.3 Å². The van der Waals surface area contributed by atoms with Crippen LogP contribution in [0.25, 0.3) is 10.8 Å². The summed E-state index contributed by atoms with van der Waals surface area (Å²) in [6.07, 6.45) is 0. The minimum Gasteiger partial charge on any atom is -0.618 e. The second-order valence-electron chi connectivity index (χ2n) is 6.42. The van der Waals surface area contributed by atoms with Gasteiger partial charge in [0.15, 0.2) is 0 Å². The zero-order valence-electron chi connectivity index (χ0n) is 15.3. The van der Waals surface area contributed by atoms with Gasteiger partial charge in [0.2, 0.25) is 11.4 Å². The van der Waals surface area contributed by atoms with Crippen molar-refractivity contribution in [1.29, 1.82) is 0 Å². The van der Waals surface area contributed by atoms with Crippen LogP contribution >= 0.6 is 0 Å². The summed E-state index contributed by atoms with van der Waals surface area (Å²) in [5.74, 6) is -1.74. The van der Waals surface area contributed by atoms with Crippen molar-refractivity contribution in [1.82, 2.24) is 0 Å². The number of fused-ring (bicyclic) bond motifs is 2. The van der Waals surface area contributed by atoms with Gasteiger partial charge in [0, 0.05) is 6.07 Å². The molecule has 0 aromatic heterocycles. The largest absolute Gasteiger partial charge is 0.618 e. The molecule has 140 valence electrons. The van der Waals surface area contributed by atoms with Crippen molar-refractivity contribution in [3.63, 3.8) is 0 Å². The van der Waals surface area contributed by atoms with Crippen LogP contribution in [0, 0.1) is 5.21 Å². The molecule has 0 unspecified atom stereocenters. The van der Waals surface area contributed by atoms with E-state index in [2.05, 4.69) is 0 Å². The number of nitrogens with zero attached hydrogens (tertiary/aromatic N) is 1. The van der Waals surface area contributed by atoms with Crippen LogP contribution in [0.3, 0.4) is 0 Å². The van der Waals surface area contributed by atoms with E-state index in [1.807, 2.05) is 30.3 Å². The van der Waals surface area contributed by atoms with E-state index < -0.39 is 17.4 Å². The van der Waals surface area contributed by atoms with Gasteiger partial charge in [0.1, 0.15) is 0 Å². The molecule has 28 heavy (non-hydrogen) atoms. The maximum atomic E-state index is 13.4. The number of benzene rings is 3. The fourth-order valence-corrected chi connectivity index (χ4v) is 3.91. The Morgan fingerprint density at radius 2 is 1.46 bits per heavy atom. The number of hydrogen-bond acceptors (Lipinski definition) is 5. The van der Waals surface area contributed by atoms with E-state index in [4.69, 9.17) is 9.47 Å². The summed E-state index contributed by atoms with van der Waals surface area (Å²) in [6, 6.07) is 19.3. The lowest BCUT2D eigenvalue weighted by Gasteiger charge is -2.23. The molecule has 4 rings (SSSR count). The van der Waals surface area contributed by atoms with Gasteiger partial charge in [-0.05, 0) is 22.9 Å². The lowest BCUT2D eigenvalue weighted by molar-refractivity contribution is -0.357. The number of methoxy groups -OCH3 is 2. The Kier molecular flexibility index (Phi) is 4.11. The zero-order valence-corrected chi connectivity index (χ0v) is 15.3. The molecule has 0 fully saturated rings. The fraction of sp³-hybridized carbons (Fsp3) is 0.136. The molecule has 1 aliphatic heterocycles. The third kappa shape index (κ3) is 2.18. The second-order valence-corrected chi connectivity index (χ2v) is 6.42. The van der Waals surface area contributed by atoms with Gasteiger partial charge < -0.3 is 14.7 Å². The van der Waals surface area contributed by atoms with E-state index in [1.54, 1.807) is 36.4 Å². The van der Waals surface area contributed by atoms with Gasteiger partial charge in [-0.25, -0.2) is 9.59 Å². The van der Waals surface area contributed by atoms with Crippen molar-refractivity contribution in [2.75, 3.05) is 14.2 Å². The van der Waals surface area contributed by atoms with Crippen molar-refractivity contribution in [3.8, 4) is 0 Å². The van der Waals surface area contributed by atoms with Gasteiger partial charge >= 0.3 is 11.9 Å². The molecule has 6 heteroatoms. The summed E-state index contributed by atoms with van der Waals surface area (Å²) < 4.78 is 10.6. The van der Waals surface area contributed by atoms with Crippen LogP contribution in [0.5, 0.6) is 0 Å². The summed E-state index contributed by atoms with van der Waals surface area (Å²) in [5.41, 5.74) is -1.11. The Labute approximate surface area is 161 Å². The number of carbonyl (C=O) groups excluding carboxylic acids is 2. The van der Waals surface area contributed by atoms with Crippen molar-refractivity contribution in [2.24, 2.45) is 0 Å². The summed E-state index contributed by atoms with van der Waals surface area (Å²) in [5, 5.41) is 15.0. The SMILES string of the molecule is COC(=O)C1(C(=O)OC)C(c2cccc3ccccc23)=[N+]([O-])c2ccccc21. The van der Waals surface area contributed by atoms with E-state index in [0.29, 0.717) is 10.3 Å². The summed E-state index contributed by atoms with van der Waals surface area (Å²) >= 11 is 0. The topological polar surface area (TPSA) is 78.7 Å². The standard InChI is InChI=1S/C22H17NO5/c1-27-20(24)22(21(25)28-2)17-12-5-6-13-18(17)23(26)19(22)16-11-7-9-14-8-3-4-10-15(14)16/h3-13H,1-2H3. The molecule has 0 radical (unpaired) electrons. The maximum Gasteiger partial charge on any atom is 0.339 e. The Bertz CT molecular complexity index is 1130. The second kappa shape index (κ2) is 6.49. The molecule has 0 aliphatic carbocycles. The lowest BCUT2D eigenvalue weighted by Crippen LogP contribution is -2.51. The quantitative estimate of drug-likeness (QED) is 0.304. The van der Waals surface area contributed by atoms with Gasteiger partial charge in [-0.15, -0.1) is 0 Å². The highest BCUT2D eigenvalue weighted by atomic mass is 16.5. The zero-order chi connectivity index (χ0) is 19.9. The molecule has 0 bridgehead atoms. The first kappa shape index (κ1) is 17.7. The number of esters is 2. The number of carbonyl (C=O) groups is 2. The Morgan fingerprint density at radius 3 is 2.18 bits per heavy atom. The van der Waals surface area contributed by atoms with Crippen LogP contribution in [0.15, 0.2) is 66.7 Å². The summed E-state index contributed by atoms with van der Waals surface area (Å²) in [6.45, 7) is 0. The first-order valence-electron chi connectivity index (χ1n) is 8.66. The number of ether oxygens (including phenoxy) is 2. The monoisotopic (exact) mass is 375 g/mol. The first-order chi connectivity index (χ1) is 13.6. The van der Waals surface area contributed by atoms with Crippen molar-refractivity contribution in [3.05, 3.63) is 83.1 Å². The third-order valence-electron chi connectivity index (χ3n) is 5.11. The van der Waals surface area contributed by atoms with E-state index >= 15 is 0 Å². The van der Waals surface area contributed by atoms with Crippen LogP contribution in [0.1, 0.15) is 11.1 Å². The van der Waals surface area contributed by atoms with Gasteiger partial charge in [-0.2, -0.15) is 4.74 Å². The molecule has 0 amide bonds. The van der Waals surface area contributed by atoms with Crippen LogP contribution in [0.4, 0.5) is 5.69 Å². The van der Waals surface area contributed by atoms with E-state index in [0.717, 1.165) is 10.8 Å². The molecule has 0 saturated heterocycles. The van der Waals surface area contributed by atoms with Gasteiger partial charge in [-0.3, -0.25) is 0 Å². The smallest absolute Gasteiger partial charge is 0.339 e. The molecular formula is C22H17NO5. The van der Waals surface area contributed by atoms with Crippen LogP contribution in [-0.2, 0) is 24.5 Å². The average Bonchev–Trinajstić information content (AvgIpc) is 3.02. The third-order valence-corrected chi connectivity index (χ3v) is 5.11. The van der Waals surface area contributed by atoms with Crippen LogP contribution in [-0.4, -0.2) is 36.6 Å². The van der Waals surface area contributed by atoms with E-state index in [-0.39, 0.29) is 17.0 Å². The van der Waals surface area contributed by atoms with Crippen molar-refractivity contribution in [2.45, 2.75) is 5.41 Å². The normalized spacial score (nSPS) is 14.6. The van der Waals surface area contributed by atoms with Crippen molar-refractivity contribution < 1.29 is 23.8 Å². The summed E-state index contributed by atoms with van der Waals surface area (Å²) in [4.78, 5) is 26.1. The highest BCUT2D eigenvalue weighted by Crippen LogP contribution is 2.44. The van der Waals surface area contributed by atoms with Crippen molar-refractivity contribution >= 4 is 34.1 Å². The highest BCUT2D eigenvalue weighted by molar-refractivity contribution is 6.35. The molecular weight excluding hydrogens is 358 g/mol. The van der Waals surface area contributed by atoms with E-state index in [1.165, 1.54) is 14.2 Å². The van der Waals surface area contributed by atoms with E-state index in [9.17, 15) is 14.8 Å². The number of rotatable bonds is 3. The molecule has 0 N–H and O–H groups in total. The average molecular weight is 375 g/mol. The molecule has 0 atom stereocenters. The maximum absolute atomic E-state index is 13.4. The molecule has 0 spiro atoms. The van der Waals surface area contributed by atoms with Crippen LogP contribution < -0.4 is 0 Å².